The summed E-state index contributed by atoms with van der Waals surface area (Å²) in [6, 6.07) is 5.98. The summed E-state index contributed by atoms with van der Waals surface area (Å²) in [6.45, 7) is 0. The molecule has 0 bridgehead atoms. The lowest BCUT2D eigenvalue weighted by Gasteiger charge is -2.00. The monoisotopic (exact) mass is 512 g/mol. The predicted octanol–water partition coefficient (Wildman–Crippen LogP) is 4.89. The van der Waals surface area contributed by atoms with Gasteiger partial charge in [-0.15, -0.1) is 0 Å². The van der Waals surface area contributed by atoms with Gasteiger partial charge in [0, 0.05) is 15.0 Å². The van der Waals surface area contributed by atoms with Gasteiger partial charge in [0.15, 0.2) is 5.75 Å². The van der Waals surface area contributed by atoms with Gasteiger partial charge in [-0.25, -0.2) is 0 Å². The van der Waals surface area contributed by atoms with Crippen molar-refractivity contribution in [2.24, 2.45) is 0 Å². The summed E-state index contributed by atoms with van der Waals surface area (Å²) in [6.07, 6.45) is 0. The Bertz CT molecular complexity index is 742. The van der Waals surface area contributed by atoms with Gasteiger partial charge in [0.25, 0.3) is 5.69 Å². The molecule has 0 aromatic heterocycles. The third-order valence-corrected chi connectivity index (χ3v) is 5.73. The second-order valence-electron chi connectivity index (χ2n) is 3.88. The van der Waals surface area contributed by atoms with Crippen LogP contribution in [0.15, 0.2) is 43.7 Å². The number of aromatic hydroxyl groups is 2. The van der Waals surface area contributed by atoms with Gasteiger partial charge in [-0.05, 0) is 66.0 Å². The zero-order valence-corrected chi connectivity index (χ0v) is 15.7. The van der Waals surface area contributed by atoms with Crippen molar-refractivity contribution < 1.29 is 20.1 Å². The van der Waals surface area contributed by atoms with Crippen molar-refractivity contribution in [3.05, 3.63) is 64.0 Å². The molecule has 2 aromatic carbocycles. The van der Waals surface area contributed by atoms with Crippen LogP contribution in [0.4, 0.5) is 11.4 Å². The minimum absolute atomic E-state index is 0.232. The van der Waals surface area contributed by atoms with E-state index in [0.29, 0.717) is 10.5 Å². The Kier molecular flexibility index (Phi) is 6.91. The van der Waals surface area contributed by atoms with Crippen molar-refractivity contribution in [2.45, 2.75) is 0 Å². The standard InChI is InChI=1S/C6H3Br3O.C6H4N2O5/c7-3-1-2-4(10)6(9)5(3)8;9-6-2-1-4(7(10)11)3-5(6)8(12)13/h1-2,10H;1-3,9H. The first-order chi connectivity index (χ1) is 10.6. The number of rotatable bonds is 2. The third kappa shape index (κ3) is 5.15. The van der Waals surface area contributed by atoms with E-state index >= 15 is 0 Å². The summed E-state index contributed by atoms with van der Waals surface area (Å²) in [4.78, 5) is 18.7. The maximum absolute atomic E-state index is 10.2. The highest BCUT2D eigenvalue weighted by molar-refractivity contribution is 9.14. The molecule has 0 fully saturated rings. The van der Waals surface area contributed by atoms with Crippen LogP contribution < -0.4 is 0 Å². The number of phenolic OH excluding ortho intramolecular Hbond substituents is 2. The highest BCUT2D eigenvalue weighted by Crippen LogP contribution is 2.36. The Morgan fingerprint density at radius 2 is 1.39 bits per heavy atom. The van der Waals surface area contributed by atoms with E-state index < -0.39 is 27.0 Å². The van der Waals surface area contributed by atoms with Gasteiger partial charge in [0.1, 0.15) is 5.75 Å². The minimum atomic E-state index is -0.887. The Morgan fingerprint density at radius 3 is 1.87 bits per heavy atom. The van der Waals surface area contributed by atoms with Crippen LogP contribution in [0.5, 0.6) is 11.5 Å². The number of halogens is 3. The van der Waals surface area contributed by atoms with Crippen molar-refractivity contribution in [1.82, 2.24) is 0 Å². The first-order valence-corrected chi connectivity index (χ1v) is 7.97. The molecule has 0 aliphatic rings. The number of phenols is 2. The molecule has 0 heterocycles. The van der Waals surface area contributed by atoms with E-state index in [1.807, 2.05) is 0 Å². The second-order valence-corrected chi connectivity index (χ2v) is 6.32. The normalized spacial score (nSPS) is 9.70. The third-order valence-electron chi connectivity index (χ3n) is 2.38. The molecule has 0 atom stereocenters. The Morgan fingerprint density at radius 1 is 0.826 bits per heavy atom. The van der Waals surface area contributed by atoms with Crippen LogP contribution in [-0.2, 0) is 0 Å². The molecular weight excluding hydrogens is 508 g/mol. The number of hydrogen-bond acceptors (Lipinski definition) is 6. The zero-order valence-electron chi connectivity index (χ0n) is 10.9. The first-order valence-electron chi connectivity index (χ1n) is 5.59. The van der Waals surface area contributed by atoms with Crippen LogP contribution in [0.25, 0.3) is 0 Å². The van der Waals surface area contributed by atoms with Crippen LogP contribution in [-0.4, -0.2) is 20.1 Å². The molecule has 0 saturated heterocycles. The fourth-order valence-corrected chi connectivity index (χ4v) is 2.56. The van der Waals surface area contributed by atoms with Gasteiger partial charge in [0.2, 0.25) is 0 Å². The molecule has 0 amide bonds. The maximum Gasteiger partial charge on any atom is 0.317 e. The maximum atomic E-state index is 10.2. The smallest absolute Gasteiger partial charge is 0.317 e. The number of hydrogen-bond donors (Lipinski definition) is 2. The average molecular weight is 515 g/mol. The fraction of sp³-hybridized carbons (Fsp3) is 0. The van der Waals surface area contributed by atoms with E-state index in [-0.39, 0.29) is 5.75 Å². The van der Waals surface area contributed by atoms with Crippen molar-refractivity contribution in [3.8, 4) is 11.5 Å². The van der Waals surface area contributed by atoms with Crippen molar-refractivity contribution in [3.63, 3.8) is 0 Å². The summed E-state index contributed by atoms with van der Waals surface area (Å²) < 4.78 is 2.41. The largest absolute Gasteiger partial charge is 0.507 e. The summed E-state index contributed by atoms with van der Waals surface area (Å²) in [5.74, 6) is -0.356. The molecule has 2 rings (SSSR count). The zero-order chi connectivity index (χ0) is 17.7. The molecule has 0 spiro atoms. The van der Waals surface area contributed by atoms with E-state index in [1.165, 1.54) is 0 Å². The molecule has 0 saturated carbocycles. The SMILES string of the molecule is O=[N+]([O-])c1ccc(O)c([N+](=O)[O-])c1.Oc1ccc(Br)c(Br)c1Br. The molecule has 2 N–H and O–H groups in total. The number of nitro benzene ring substituents is 2. The minimum Gasteiger partial charge on any atom is -0.507 e. The summed E-state index contributed by atoms with van der Waals surface area (Å²) >= 11 is 9.77. The highest BCUT2D eigenvalue weighted by atomic mass is 79.9. The van der Waals surface area contributed by atoms with Crippen LogP contribution in [0, 0.1) is 20.2 Å². The molecule has 0 radical (unpaired) electrons. The number of nitro groups is 2. The van der Waals surface area contributed by atoms with Crippen molar-refractivity contribution in [2.75, 3.05) is 0 Å². The topological polar surface area (TPSA) is 127 Å². The molecule has 23 heavy (non-hydrogen) atoms. The molecule has 8 nitrogen and oxygen atoms in total. The molecular formula is C12H7Br3N2O6. The lowest BCUT2D eigenvalue weighted by molar-refractivity contribution is -0.394. The summed E-state index contributed by atoms with van der Waals surface area (Å²) in [7, 11) is 0. The number of non-ortho nitro benzene ring substituents is 1. The van der Waals surface area contributed by atoms with E-state index in [9.17, 15) is 20.2 Å². The van der Waals surface area contributed by atoms with Gasteiger partial charge in [-0.3, -0.25) is 20.2 Å². The van der Waals surface area contributed by atoms with Gasteiger partial charge < -0.3 is 10.2 Å². The second kappa shape index (κ2) is 8.22. The molecule has 0 aliphatic carbocycles. The molecule has 11 heteroatoms. The number of nitrogens with zero attached hydrogens (tertiary/aromatic N) is 2. The molecule has 2 aromatic rings. The van der Waals surface area contributed by atoms with E-state index in [1.54, 1.807) is 12.1 Å². The summed E-state index contributed by atoms with van der Waals surface area (Å²) in [5, 5.41) is 38.5. The Labute approximate surface area is 154 Å². The predicted molar refractivity (Wildman–Crippen MR) is 92.6 cm³/mol. The molecule has 0 aliphatic heterocycles. The van der Waals surface area contributed by atoms with E-state index in [0.717, 1.165) is 21.1 Å². The fourth-order valence-electron chi connectivity index (χ4n) is 1.29. The summed E-state index contributed by atoms with van der Waals surface area (Å²) in [5.41, 5.74) is -1.10. The lowest BCUT2D eigenvalue weighted by Crippen LogP contribution is -1.92. The lowest BCUT2D eigenvalue weighted by atomic mass is 10.2. The van der Waals surface area contributed by atoms with Crippen LogP contribution in [0.3, 0.4) is 0 Å². The van der Waals surface area contributed by atoms with Crippen LogP contribution in [0.1, 0.15) is 0 Å². The van der Waals surface area contributed by atoms with Gasteiger partial charge in [-0.1, -0.05) is 0 Å². The van der Waals surface area contributed by atoms with Gasteiger partial charge >= 0.3 is 5.69 Å². The van der Waals surface area contributed by atoms with Crippen molar-refractivity contribution >= 4 is 59.2 Å². The molecule has 0 unspecified atom stereocenters. The van der Waals surface area contributed by atoms with Crippen LogP contribution in [0.2, 0.25) is 0 Å². The van der Waals surface area contributed by atoms with E-state index in [2.05, 4.69) is 47.8 Å². The number of benzene rings is 2. The van der Waals surface area contributed by atoms with Crippen molar-refractivity contribution in [1.29, 1.82) is 0 Å². The Balaban J connectivity index is 0.000000238. The quantitative estimate of drug-likeness (QED) is 0.334. The Hall–Kier alpha value is -1.72. The van der Waals surface area contributed by atoms with Gasteiger partial charge in [-0.2, -0.15) is 0 Å². The van der Waals surface area contributed by atoms with Crippen LogP contribution >= 0.6 is 47.8 Å². The first kappa shape index (κ1) is 19.3. The molecule has 122 valence electrons. The highest BCUT2D eigenvalue weighted by Gasteiger charge is 2.18. The average Bonchev–Trinajstić information content (AvgIpc) is 2.49. The van der Waals surface area contributed by atoms with E-state index in [4.69, 9.17) is 10.2 Å². The van der Waals surface area contributed by atoms with Gasteiger partial charge in [0.05, 0.1) is 20.4 Å².